The lowest BCUT2D eigenvalue weighted by molar-refractivity contribution is -0.0300. The van der Waals surface area contributed by atoms with Crippen molar-refractivity contribution in [2.45, 2.75) is 24.9 Å². The van der Waals surface area contributed by atoms with Crippen molar-refractivity contribution in [3.63, 3.8) is 0 Å². The summed E-state index contributed by atoms with van der Waals surface area (Å²) in [6, 6.07) is 0. The summed E-state index contributed by atoms with van der Waals surface area (Å²) in [7, 11) is 0. The number of aliphatic hydroxyl groups is 1. The fourth-order valence-corrected chi connectivity index (χ4v) is 1.48. The molecule has 1 fully saturated rings. The molecule has 1 saturated carbocycles. The van der Waals surface area contributed by atoms with Crippen molar-refractivity contribution in [3.05, 3.63) is 18.2 Å². The predicted octanol–water partition coefficient (Wildman–Crippen LogP) is 0.0545. The Bertz CT molecular complexity index is 317. The van der Waals surface area contributed by atoms with Crippen LogP contribution in [0.4, 0.5) is 0 Å². The number of rotatable bonds is 3. The van der Waals surface area contributed by atoms with E-state index in [9.17, 15) is 9.90 Å². The molecule has 0 atom stereocenters. The van der Waals surface area contributed by atoms with Crippen LogP contribution in [-0.4, -0.2) is 33.1 Å². The van der Waals surface area contributed by atoms with Gasteiger partial charge in [-0.1, -0.05) is 0 Å². The maximum Gasteiger partial charge on any atom is 0.269 e. The van der Waals surface area contributed by atoms with Crippen LogP contribution in [0.3, 0.4) is 0 Å². The molecule has 1 amide bonds. The highest BCUT2D eigenvalue weighted by Crippen LogP contribution is 2.30. The molecular weight excluding hydrogens is 182 g/mol. The molecule has 76 valence electrons. The average molecular weight is 195 g/mol. The first-order valence-corrected chi connectivity index (χ1v) is 4.69. The highest BCUT2D eigenvalue weighted by Gasteiger charge is 2.34. The van der Waals surface area contributed by atoms with E-state index in [2.05, 4.69) is 15.3 Å². The lowest BCUT2D eigenvalue weighted by atomic mass is 9.80. The highest BCUT2D eigenvalue weighted by atomic mass is 16.3. The summed E-state index contributed by atoms with van der Waals surface area (Å²) in [5, 5.41) is 12.4. The van der Waals surface area contributed by atoms with Gasteiger partial charge in [-0.25, -0.2) is 4.98 Å². The Hall–Kier alpha value is -1.36. The van der Waals surface area contributed by atoms with Crippen LogP contribution in [0.25, 0.3) is 0 Å². The molecule has 0 spiro atoms. The number of nitrogens with one attached hydrogen (secondary N) is 2. The summed E-state index contributed by atoms with van der Waals surface area (Å²) in [5.41, 5.74) is -0.247. The zero-order valence-corrected chi connectivity index (χ0v) is 7.79. The van der Waals surface area contributed by atoms with Crippen molar-refractivity contribution < 1.29 is 9.90 Å². The number of nitrogens with zero attached hydrogens (tertiary/aromatic N) is 1. The van der Waals surface area contributed by atoms with E-state index >= 15 is 0 Å². The average Bonchev–Trinajstić information content (AvgIpc) is 2.63. The minimum Gasteiger partial charge on any atom is -0.388 e. The third-order valence-corrected chi connectivity index (χ3v) is 2.61. The zero-order valence-electron chi connectivity index (χ0n) is 7.79. The van der Waals surface area contributed by atoms with E-state index in [4.69, 9.17) is 0 Å². The first-order valence-electron chi connectivity index (χ1n) is 4.69. The SMILES string of the molecule is O=C(NCC1(O)CCC1)c1cnc[nH]1. The highest BCUT2D eigenvalue weighted by molar-refractivity contribution is 5.91. The molecule has 1 aromatic rings. The van der Waals surface area contributed by atoms with Gasteiger partial charge in [0.05, 0.1) is 18.1 Å². The fraction of sp³-hybridized carbons (Fsp3) is 0.556. The van der Waals surface area contributed by atoms with Gasteiger partial charge >= 0.3 is 0 Å². The van der Waals surface area contributed by atoms with E-state index in [-0.39, 0.29) is 5.91 Å². The number of amides is 1. The van der Waals surface area contributed by atoms with Gasteiger partial charge in [-0.2, -0.15) is 0 Å². The minimum atomic E-state index is -0.671. The molecule has 5 nitrogen and oxygen atoms in total. The topological polar surface area (TPSA) is 78.0 Å². The Kier molecular flexibility index (Phi) is 2.25. The number of carbonyl (C=O) groups excluding carboxylic acids is 1. The van der Waals surface area contributed by atoms with Crippen molar-refractivity contribution in [1.82, 2.24) is 15.3 Å². The molecular formula is C9H13N3O2. The molecule has 2 rings (SSSR count). The Morgan fingerprint density at radius 1 is 1.71 bits per heavy atom. The molecule has 0 aromatic carbocycles. The van der Waals surface area contributed by atoms with E-state index in [1.165, 1.54) is 12.5 Å². The first kappa shape index (κ1) is 9.21. The second kappa shape index (κ2) is 3.42. The maximum atomic E-state index is 11.4. The number of aromatic amines is 1. The van der Waals surface area contributed by atoms with E-state index in [0.29, 0.717) is 12.2 Å². The molecule has 0 bridgehead atoms. The van der Waals surface area contributed by atoms with Crippen molar-refractivity contribution >= 4 is 5.91 Å². The zero-order chi connectivity index (χ0) is 10.0. The van der Waals surface area contributed by atoms with Crippen molar-refractivity contribution in [2.75, 3.05) is 6.54 Å². The summed E-state index contributed by atoms with van der Waals surface area (Å²) in [5.74, 6) is -0.220. The molecule has 0 radical (unpaired) electrons. The van der Waals surface area contributed by atoms with Crippen molar-refractivity contribution in [1.29, 1.82) is 0 Å². The Balaban J connectivity index is 1.84. The molecule has 1 aliphatic carbocycles. The summed E-state index contributed by atoms with van der Waals surface area (Å²) in [4.78, 5) is 17.8. The second-order valence-electron chi connectivity index (χ2n) is 3.73. The Morgan fingerprint density at radius 2 is 2.50 bits per heavy atom. The van der Waals surface area contributed by atoms with Crippen LogP contribution in [0.15, 0.2) is 12.5 Å². The standard InChI is InChI=1S/C9H13N3O2/c13-8(7-4-10-6-12-7)11-5-9(14)2-1-3-9/h4,6,14H,1-3,5H2,(H,10,12)(H,11,13). The van der Waals surface area contributed by atoms with Crippen LogP contribution in [0.1, 0.15) is 29.8 Å². The molecule has 0 unspecified atom stereocenters. The molecule has 0 aliphatic heterocycles. The van der Waals surface area contributed by atoms with Gasteiger partial charge in [-0.3, -0.25) is 4.79 Å². The van der Waals surface area contributed by atoms with Crippen molar-refractivity contribution in [3.8, 4) is 0 Å². The van der Waals surface area contributed by atoms with Crippen LogP contribution >= 0.6 is 0 Å². The molecule has 1 aromatic heterocycles. The molecule has 14 heavy (non-hydrogen) atoms. The third kappa shape index (κ3) is 1.77. The monoisotopic (exact) mass is 195 g/mol. The van der Waals surface area contributed by atoms with E-state index in [0.717, 1.165) is 19.3 Å². The van der Waals surface area contributed by atoms with Crippen LogP contribution in [-0.2, 0) is 0 Å². The van der Waals surface area contributed by atoms with Gasteiger partial charge in [-0.15, -0.1) is 0 Å². The summed E-state index contributed by atoms with van der Waals surface area (Å²) in [6.07, 6.45) is 5.50. The van der Waals surface area contributed by atoms with Gasteiger partial charge in [0.1, 0.15) is 5.69 Å². The lowest BCUT2D eigenvalue weighted by Crippen LogP contribution is -2.47. The van der Waals surface area contributed by atoms with Gasteiger partial charge in [0, 0.05) is 6.54 Å². The minimum absolute atomic E-state index is 0.220. The number of hydrogen-bond donors (Lipinski definition) is 3. The largest absolute Gasteiger partial charge is 0.388 e. The third-order valence-electron chi connectivity index (χ3n) is 2.61. The first-order chi connectivity index (χ1) is 6.70. The lowest BCUT2D eigenvalue weighted by Gasteiger charge is -2.36. The summed E-state index contributed by atoms with van der Waals surface area (Å²) >= 11 is 0. The van der Waals surface area contributed by atoms with Gasteiger partial charge < -0.3 is 15.4 Å². The number of imidazole rings is 1. The van der Waals surface area contributed by atoms with Crippen LogP contribution in [0, 0.1) is 0 Å². The van der Waals surface area contributed by atoms with E-state index in [1.54, 1.807) is 0 Å². The molecule has 1 heterocycles. The molecule has 1 aliphatic rings. The molecule has 3 N–H and O–H groups in total. The van der Waals surface area contributed by atoms with Gasteiger partial charge in [-0.05, 0) is 19.3 Å². The fourth-order valence-electron chi connectivity index (χ4n) is 1.48. The maximum absolute atomic E-state index is 11.4. The molecule has 5 heteroatoms. The number of H-pyrrole nitrogens is 1. The van der Waals surface area contributed by atoms with Crippen LogP contribution in [0.5, 0.6) is 0 Å². The smallest absolute Gasteiger partial charge is 0.269 e. The predicted molar refractivity (Wildman–Crippen MR) is 49.7 cm³/mol. The van der Waals surface area contributed by atoms with E-state index in [1.807, 2.05) is 0 Å². The van der Waals surface area contributed by atoms with Crippen LogP contribution < -0.4 is 5.32 Å². The Labute approximate surface area is 81.5 Å². The summed E-state index contributed by atoms with van der Waals surface area (Å²) < 4.78 is 0. The summed E-state index contributed by atoms with van der Waals surface area (Å²) in [6.45, 7) is 0.324. The van der Waals surface area contributed by atoms with Gasteiger partial charge in [0.15, 0.2) is 0 Å². The molecule has 0 saturated heterocycles. The van der Waals surface area contributed by atoms with Crippen molar-refractivity contribution in [2.24, 2.45) is 0 Å². The number of hydrogen-bond acceptors (Lipinski definition) is 3. The van der Waals surface area contributed by atoms with Gasteiger partial charge in [0.25, 0.3) is 5.91 Å². The van der Waals surface area contributed by atoms with Crippen LogP contribution in [0.2, 0.25) is 0 Å². The number of aromatic nitrogens is 2. The Morgan fingerprint density at radius 3 is 3.00 bits per heavy atom. The second-order valence-corrected chi connectivity index (χ2v) is 3.73. The van der Waals surface area contributed by atoms with E-state index < -0.39 is 5.60 Å². The normalized spacial score (nSPS) is 18.6. The number of carbonyl (C=O) groups is 1. The van der Waals surface area contributed by atoms with Gasteiger partial charge in [0.2, 0.25) is 0 Å². The quantitative estimate of drug-likeness (QED) is 0.638.